The lowest BCUT2D eigenvalue weighted by atomic mass is 9.81. The van der Waals surface area contributed by atoms with E-state index in [1.54, 1.807) is 30.1 Å². The molecule has 5 atom stereocenters. The van der Waals surface area contributed by atoms with Crippen LogP contribution in [0.25, 0.3) is 0 Å². The molecule has 1 saturated heterocycles. The molecule has 0 spiro atoms. The number of benzene rings is 1. The van der Waals surface area contributed by atoms with Crippen LogP contribution < -0.4 is 5.32 Å². The SMILES string of the molecule is CC(C(=O)Nc1ccc(Cn2cncn2)cc1)N1C(=O)C2C3CCC(C3)C2C1=O. The molecule has 0 radical (unpaired) electrons. The van der Waals surface area contributed by atoms with Gasteiger partial charge in [-0.05, 0) is 55.7 Å². The van der Waals surface area contributed by atoms with Crippen molar-refractivity contribution in [3.63, 3.8) is 0 Å². The molecule has 2 aromatic rings. The summed E-state index contributed by atoms with van der Waals surface area (Å²) in [5, 5.41) is 6.90. The minimum Gasteiger partial charge on any atom is -0.324 e. The minimum absolute atomic E-state index is 0.155. The lowest BCUT2D eigenvalue weighted by Gasteiger charge is -2.23. The highest BCUT2D eigenvalue weighted by Crippen LogP contribution is 2.56. The van der Waals surface area contributed by atoms with Crippen molar-refractivity contribution in [2.24, 2.45) is 23.7 Å². The van der Waals surface area contributed by atoms with Gasteiger partial charge in [-0.3, -0.25) is 19.3 Å². The Morgan fingerprint density at radius 2 is 1.79 bits per heavy atom. The summed E-state index contributed by atoms with van der Waals surface area (Å²) in [7, 11) is 0. The maximum atomic E-state index is 12.9. The average molecular weight is 393 g/mol. The molecule has 2 bridgehead atoms. The summed E-state index contributed by atoms with van der Waals surface area (Å²) in [6.07, 6.45) is 6.17. The normalized spacial score (nSPS) is 28.7. The Morgan fingerprint density at radius 3 is 2.38 bits per heavy atom. The van der Waals surface area contributed by atoms with E-state index in [1.807, 2.05) is 12.1 Å². The third-order valence-corrected chi connectivity index (χ3v) is 6.76. The lowest BCUT2D eigenvalue weighted by molar-refractivity contribution is -0.146. The molecule has 3 fully saturated rings. The van der Waals surface area contributed by atoms with Crippen molar-refractivity contribution < 1.29 is 14.4 Å². The fourth-order valence-corrected chi connectivity index (χ4v) is 5.37. The van der Waals surface area contributed by atoms with E-state index in [-0.39, 0.29) is 29.6 Å². The number of nitrogens with zero attached hydrogens (tertiary/aromatic N) is 4. The molecule has 150 valence electrons. The van der Waals surface area contributed by atoms with Gasteiger partial charge in [-0.15, -0.1) is 0 Å². The number of aromatic nitrogens is 3. The molecule has 2 saturated carbocycles. The van der Waals surface area contributed by atoms with Crippen LogP contribution in [0, 0.1) is 23.7 Å². The number of carbonyl (C=O) groups excluding carboxylic acids is 3. The second-order valence-electron chi connectivity index (χ2n) is 8.39. The third kappa shape index (κ3) is 2.94. The number of carbonyl (C=O) groups is 3. The summed E-state index contributed by atoms with van der Waals surface area (Å²) in [6.45, 7) is 2.22. The first-order valence-corrected chi connectivity index (χ1v) is 10.1. The van der Waals surface area contributed by atoms with Crippen molar-refractivity contribution in [1.29, 1.82) is 0 Å². The Hall–Kier alpha value is -3.03. The van der Waals surface area contributed by atoms with Crippen molar-refractivity contribution >= 4 is 23.4 Å². The summed E-state index contributed by atoms with van der Waals surface area (Å²) in [5.41, 5.74) is 1.65. The zero-order valence-corrected chi connectivity index (χ0v) is 16.2. The molecule has 1 aliphatic heterocycles. The summed E-state index contributed by atoms with van der Waals surface area (Å²) in [5.74, 6) is -0.419. The fraction of sp³-hybridized carbons (Fsp3) is 0.476. The van der Waals surface area contributed by atoms with Crippen LogP contribution in [0.15, 0.2) is 36.9 Å². The molecule has 8 heteroatoms. The van der Waals surface area contributed by atoms with Crippen LogP contribution in [0.5, 0.6) is 0 Å². The molecular formula is C21H23N5O3. The first kappa shape index (κ1) is 18.0. The molecule has 5 rings (SSSR count). The highest BCUT2D eigenvalue weighted by molar-refractivity contribution is 6.10. The number of imide groups is 1. The van der Waals surface area contributed by atoms with Crippen molar-refractivity contribution in [3.8, 4) is 0 Å². The quantitative estimate of drug-likeness (QED) is 0.780. The van der Waals surface area contributed by atoms with E-state index in [2.05, 4.69) is 15.4 Å². The maximum Gasteiger partial charge on any atom is 0.247 e. The topological polar surface area (TPSA) is 97.2 Å². The molecule has 29 heavy (non-hydrogen) atoms. The highest BCUT2D eigenvalue weighted by Gasteiger charge is 2.62. The number of hydrogen-bond acceptors (Lipinski definition) is 5. The number of nitrogens with one attached hydrogen (secondary N) is 1. The van der Waals surface area contributed by atoms with Crippen LogP contribution in [0.4, 0.5) is 5.69 Å². The van der Waals surface area contributed by atoms with E-state index in [9.17, 15) is 14.4 Å². The first-order valence-electron chi connectivity index (χ1n) is 10.1. The Labute approximate surface area is 168 Å². The van der Waals surface area contributed by atoms with Gasteiger partial charge in [0.15, 0.2) is 0 Å². The Kier molecular flexibility index (Phi) is 4.22. The smallest absolute Gasteiger partial charge is 0.247 e. The molecule has 2 heterocycles. The van der Waals surface area contributed by atoms with Gasteiger partial charge in [0, 0.05) is 5.69 Å². The molecule has 3 amide bonds. The predicted molar refractivity (Wildman–Crippen MR) is 103 cm³/mol. The van der Waals surface area contributed by atoms with E-state index in [1.165, 1.54) is 11.2 Å². The molecule has 5 unspecified atom stereocenters. The number of anilines is 1. The van der Waals surface area contributed by atoms with Gasteiger partial charge < -0.3 is 5.32 Å². The number of rotatable bonds is 5. The molecular weight excluding hydrogens is 370 g/mol. The van der Waals surface area contributed by atoms with Gasteiger partial charge in [0.25, 0.3) is 0 Å². The molecule has 8 nitrogen and oxygen atoms in total. The zero-order valence-electron chi connectivity index (χ0n) is 16.2. The Bertz CT molecular complexity index is 927. The van der Waals surface area contributed by atoms with Gasteiger partial charge in [-0.1, -0.05) is 12.1 Å². The zero-order chi connectivity index (χ0) is 20.1. The maximum absolute atomic E-state index is 12.9. The van der Waals surface area contributed by atoms with E-state index in [0.717, 1.165) is 24.8 Å². The average Bonchev–Trinajstić information content (AvgIpc) is 3.49. The summed E-state index contributed by atoms with van der Waals surface area (Å²) in [4.78, 5) is 43.7. The van der Waals surface area contributed by atoms with Gasteiger partial charge in [-0.25, -0.2) is 9.67 Å². The van der Waals surface area contributed by atoms with Gasteiger partial charge in [-0.2, -0.15) is 5.10 Å². The summed E-state index contributed by atoms with van der Waals surface area (Å²) < 4.78 is 1.71. The van der Waals surface area contributed by atoms with Gasteiger partial charge >= 0.3 is 0 Å². The van der Waals surface area contributed by atoms with Crippen LogP contribution in [-0.2, 0) is 20.9 Å². The molecule has 1 aromatic carbocycles. The Morgan fingerprint density at radius 1 is 1.14 bits per heavy atom. The van der Waals surface area contributed by atoms with E-state index >= 15 is 0 Å². The fourth-order valence-electron chi connectivity index (χ4n) is 5.37. The molecule has 3 aliphatic rings. The van der Waals surface area contributed by atoms with Gasteiger partial charge in [0.05, 0.1) is 18.4 Å². The van der Waals surface area contributed by atoms with Gasteiger partial charge in [0.1, 0.15) is 18.7 Å². The monoisotopic (exact) mass is 393 g/mol. The van der Waals surface area contributed by atoms with Crippen molar-refractivity contribution in [3.05, 3.63) is 42.5 Å². The number of hydrogen-bond donors (Lipinski definition) is 1. The van der Waals surface area contributed by atoms with Crippen LogP contribution in [0.3, 0.4) is 0 Å². The third-order valence-electron chi connectivity index (χ3n) is 6.76. The van der Waals surface area contributed by atoms with Crippen LogP contribution >= 0.6 is 0 Å². The highest BCUT2D eigenvalue weighted by atomic mass is 16.2. The second kappa shape index (κ2) is 6.79. The Balaban J connectivity index is 1.25. The van der Waals surface area contributed by atoms with Crippen molar-refractivity contribution in [2.75, 3.05) is 5.32 Å². The number of likely N-dealkylation sites (tertiary alicyclic amines) is 1. The summed E-state index contributed by atoms with van der Waals surface area (Å²) in [6, 6.07) is 6.60. The largest absolute Gasteiger partial charge is 0.324 e. The van der Waals surface area contributed by atoms with Gasteiger partial charge in [0.2, 0.25) is 17.7 Å². The second-order valence-corrected chi connectivity index (χ2v) is 8.39. The van der Waals surface area contributed by atoms with Crippen molar-refractivity contribution in [2.45, 2.75) is 38.8 Å². The van der Waals surface area contributed by atoms with Crippen molar-refractivity contribution in [1.82, 2.24) is 19.7 Å². The standard InChI is InChI=1S/C21H23N5O3/c1-12(26-20(28)17-14-4-5-15(8-14)18(17)21(26)29)19(27)24-16-6-2-13(3-7-16)9-25-11-22-10-23-25/h2-3,6-7,10-12,14-15,17-18H,4-5,8-9H2,1H3,(H,24,27). The number of amides is 3. The van der Waals surface area contributed by atoms with Crippen LogP contribution in [0.1, 0.15) is 31.7 Å². The molecule has 1 aromatic heterocycles. The predicted octanol–water partition coefficient (Wildman–Crippen LogP) is 1.68. The summed E-state index contributed by atoms with van der Waals surface area (Å²) >= 11 is 0. The van der Waals surface area contributed by atoms with Crippen LogP contribution in [0.2, 0.25) is 0 Å². The van der Waals surface area contributed by atoms with E-state index in [4.69, 9.17) is 0 Å². The molecule has 2 aliphatic carbocycles. The molecule has 1 N–H and O–H groups in total. The van der Waals surface area contributed by atoms with E-state index < -0.39 is 6.04 Å². The number of fused-ring (bicyclic) bond motifs is 5. The minimum atomic E-state index is -0.810. The lowest BCUT2D eigenvalue weighted by Crippen LogP contribution is -2.46. The van der Waals surface area contributed by atoms with E-state index in [0.29, 0.717) is 24.1 Å². The van der Waals surface area contributed by atoms with Crippen LogP contribution in [-0.4, -0.2) is 43.4 Å². The first-order chi connectivity index (χ1) is 14.0.